The molecule has 4 heteroatoms. The van der Waals surface area contributed by atoms with Gasteiger partial charge in [0.1, 0.15) is 5.75 Å². The van der Waals surface area contributed by atoms with Crippen LogP contribution in [0.1, 0.15) is 37.3 Å². The van der Waals surface area contributed by atoms with Gasteiger partial charge in [-0.25, -0.2) is 4.79 Å². The predicted molar refractivity (Wildman–Crippen MR) is 79.4 cm³/mol. The summed E-state index contributed by atoms with van der Waals surface area (Å²) in [5.41, 5.74) is 2.30. The van der Waals surface area contributed by atoms with Crippen molar-refractivity contribution in [3.63, 3.8) is 0 Å². The molecule has 0 aliphatic heterocycles. The molecule has 0 aliphatic rings. The Bertz CT molecular complexity index is 498. The van der Waals surface area contributed by atoms with Crippen molar-refractivity contribution in [2.75, 3.05) is 0 Å². The molecule has 1 aromatic rings. The van der Waals surface area contributed by atoms with E-state index in [1.807, 2.05) is 39.0 Å². The lowest BCUT2D eigenvalue weighted by Crippen LogP contribution is -2.07. The number of benzene rings is 1. The molecule has 1 aromatic carbocycles. The van der Waals surface area contributed by atoms with Crippen molar-refractivity contribution < 1.29 is 14.7 Å². The van der Waals surface area contributed by atoms with Crippen LogP contribution in [0.5, 0.6) is 5.75 Å². The molecular formula is C16H21NO3. The Kier molecular flexibility index (Phi) is 6.50. The molecule has 0 aliphatic carbocycles. The largest absolute Gasteiger partial charge is 0.423 e. The minimum Gasteiger partial charge on any atom is -0.423 e. The number of aryl methyl sites for hydroxylation is 2. The van der Waals surface area contributed by atoms with Gasteiger partial charge < -0.3 is 9.94 Å². The van der Waals surface area contributed by atoms with Crippen LogP contribution in [0.3, 0.4) is 0 Å². The van der Waals surface area contributed by atoms with E-state index in [0.29, 0.717) is 17.9 Å². The van der Waals surface area contributed by atoms with Gasteiger partial charge in [-0.15, -0.1) is 0 Å². The van der Waals surface area contributed by atoms with Gasteiger partial charge in [0.05, 0.1) is 5.71 Å². The highest BCUT2D eigenvalue weighted by Crippen LogP contribution is 2.22. The van der Waals surface area contributed by atoms with Gasteiger partial charge in [0, 0.05) is 6.08 Å². The van der Waals surface area contributed by atoms with E-state index in [1.165, 1.54) is 12.2 Å². The molecule has 0 atom stereocenters. The molecule has 0 saturated carbocycles. The number of unbranched alkanes of at least 4 members (excludes halogenated alkanes) is 1. The number of allylic oxidation sites excluding steroid dienone is 1. The van der Waals surface area contributed by atoms with Gasteiger partial charge in [-0.1, -0.05) is 36.7 Å². The zero-order valence-corrected chi connectivity index (χ0v) is 12.2. The van der Waals surface area contributed by atoms with E-state index in [0.717, 1.165) is 24.0 Å². The first-order chi connectivity index (χ1) is 9.58. The van der Waals surface area contributed by atoms with Gasteiger partial charge in [-0.05, 0) is 43.9 Å². The summed E-state index contributed by atoms with van der Waals surface area (Å²) in [6, 6.07) is 5.70. The van der Waals surface area contributed by atoms with Crippen molar-refractivity contribution in [3.05, 3.63) is 41.5 Å². The van der Waals surface area contributed by atoms with Gasteiger partial charge >= 0.3 is 5.97 Å². The van der Waals surface area contributed by atoms with E-state index >= 15 is 0 Å². The van der Waals surface area contributed by atoms with Crippen molar-refractivity contribution in [2.24, 2.45) is 5.16 Å². The smallest absolute Gasteiger partial charge is 0.336 e. The summed E-state index contributed by atoms with van der Waals surface area (Å²) >= 11 is 0. The number of oxime groups is 1. The number of carbonyl (C=O) groups excluding carboxylic acids is 1. The third kappa shape index (κ3) is 4.88. The number of esters is 1. The highest BCUT2D eigenvalue weighted by molar-refractivity contribution is 5.99. The second-order valence-electron chi connectivity index (χ2n) is 4.67. The maximum Gasteiger partial charge on any atom is 0.336 e. The molecule has 20 heavy (non-hydrogen) atoms. The van der Waals surface area contributed by atoms with Crippen molar-refractivity contribution in [1.82, 2.24) is 0 Å². The Labute approximate surface area is 119 Å². The van der Waals surface area contributed by atoms with Gasteiger partial charge in [0.25, 0.3) is 0 Å². The Morgan fingerprint density at radius 1 is 1.30 bits per heavy atom. The zero-order chi connectivity index (χ0) is 15.0. The molecule has 0 bridgehead atoms. The van der Waals surface area contributed by atoms with Crippen LogP contribution in [-0.4, -0.2) is 16.9 Å². The summed E-state index contributed by atoms with van der Waals surface area (Å²) in [6.07, 6.45) is 5.33. The van der Waals surface area contributed by atoms with Crippen molar-refractivity contribution >= 4 is 11.7 Å². The predicted octanol–water partition coefficient (Wildman–Crippen LogP) is 3.79. The lowest BCUT2D eigenvalue weighted by Gasteiger charge is -2.08. The van der Waals surface area contributed by atoms with Crippen molar-refractivity contribution in [1.29, 1.82) is 0 Å². The quantitative estimate of drug-likeness (QED) is 0.215. The van der Waals surface area contributed by atoms with Gasteiger partial charge in [-0.2, -0.15) is 0 Å². The molecule has 1 N–H and O–H groups in total. The number of hydrogen-bond acceptors (Lipinski definition) is 4. The normalized spacial score (nSPS) is 11.8. The molecule has 0 aromatic heterocycles. The molecule has 0 spiro atoms. The van der Waals surface area contributed by atoms with Gasteiger partial charge in [0.2, 0.25) is 0 Å². The fourth-order valence-electron chi connectivity index (χ4n) is 1.78. The van der Waals surface area contributed by atoms with E-state index in [1.54, 1.807) is 0 Å². The molecule has 1 rings (SSSR count). The van der Waals surface area contributed by atoms with Crippen LogP contribution >= 0.6 is 0 Å². The Morgan fingerprint density at radius 3 is 2.50 bits per heavy atom. The second-order valence-corrected chi connectivity index (χ2v) is 4.67. The molecule has 4 nitrogen and oxygen atoms in total. The zero-order valence-electron chi connectivity index (χ0n) is 12.2. The monoisotopic (exact) mass is 275 g/mol. The van der Waals surface area contributed by atoms with Gasteiger partial charge in [-0.3, -0.25) is 0 Å². The van der Waals surface area contributed by atoms with Crippen LogP contribution in [0.15, 0.2) is 35.5 Å². The second kappa shape index (κ2) is 8.15. The molecule has 0 fully saturated rings. The van der Waals surface area contributed by atoms with E-state index < -0.39 is 5.97 Å². The SMILES string of the molecule is CCCCC(/C=C/C(=O)Oc1c(C)cccc1C)=N\O. The van der Waals surface area contributed by atoms with Crippen LogP contribution in [0.4, 0.5) is 0 Å². The van der Waals surface area contributed by atoms with Crippen molar-refractivity contribution in [2.45, 2.75) is 40.0 Å². The topological polar surface area (TPSA) is 58.9 Å². The highest BCUT2D eigenvalue weighted by Gasteiger charge is 2.07. The summed E-state index contributed by atoms with van der Waals surface area (Å²) in [5, 5.41) is 12.0. The molecule has 0 unspecified atom stereocenters. The average molecular weight is 275 g/mol. The fraction of sp³-hybridized carbons (Fsp3) is 0.375. The number of carbonyl (C=O) groups is 1. The molecule has 0 heterocycles. The molecule has 0 amide bonds. The lowest BCUT2D eigenvalue weighted by atomic mass is 10.1. The number of para-hydroxylation sites is 1. The van der Waals surface area contributed by atoms with E-state index in [-0.39, 0.29) is 0 Å². The molecular weight excluding hydrogens is 254 g/mol. The average Bonchev–Trinajstić information content (AvgIpc) is 2.43. The Hall–Kier alpha value is -2.10. The van der Waals surface area contributed by atoms with Crippen LogP contribution in [0.2, 0.25) is 0 Å². The fourth-order valence-corrected chi connectivity index (χ4v) is 1.78. The summed E-state index contributed by atoms with van der Waals surface area (Å²) in [5.74, 6) is 0.109. The van der Waals surface area contributed by atoms with Crippen LogP contribution in [0, 0.1) is 13.8 Å². The maximum atomic E-state index is 11.8. The lowest BCUT2D eigenvalue weighted by molar-refractivity contribution is -0.129. The standard InChI is InChI=1S/C16H21NO3/c1-4-5-9-14(17-19)10-11-15(18)20-16-12(2)7-6-8-13(16)3/h6-8,10-11,19H,4-5,9H2,1-3H3/b11-10+,17-14+. The molecule has 0 radical (unpaired) electrons. The number of hydrogen-bond donors (Lipinski definition) is 1. The van der Waals surface area contributed by atoms with E-state index in [2.05, 4.69) is 5.16 Å². The minimum atomic E-state index is -0.472. The number of nitrogens with zero attached hydrogens (tertiary/aromatic N) is 1. The number of ether oxygens (including phenoxy) is 1. The summed E-state index contributed by atoms with van der Waals surface area (Å²) in [6.45, 7) is 5.83. The van der Waals surface area contributed by atoms with Gasteiger partial charge in [0.15, 0.2) is 0 Å². The maximum absolute atomic E-state index is 11.8. The molecule has 0 saturated heterocycles. The minimum absolute atomic E-state index is 0.472. The van der Waals surface area contributed by atoms with Crippen LogP contribution in [0.25, 0.3) is 0 Å². The highest BCUT2D eigenvalue weighted by atomic mass is 16.5. The van der Waals surface area contributed by atoms with Crippen LogP contribution in [-0.2, 0) is 4.79 Å². The van der Waals surface area contributed by atoms with Crippen molar-refractivity contribution in [3.8, 4) is 5.75 Å². The first-order valence-corrected chi connectivity index (χ1v) is 6.75. The summed E-state index contributed by atoms with van der Waals surface area (Å²) in [4.78, 5) is 11.8. The Morgan fingerprint density at radius 2 is 1.95 bits per heavy atom. The summed E-state index contributed by atoms with van der Waals surface area (Å²) in [7, 11) is 0. The van der Waals surface area contributed by atoms with E-state index in [4.69, 9.17) is 9.94 Å². The Balaban J connectivity index is 2.68. The first kappa shape index (κ1) is 16.0. The third-order valence-electron chi connectivity index (χ3n) is 2.94. The van der Waals surface area contributed by atoms with E-state index in [9.17, 15) is 4.79 Å². The molecule has 108 valence electrons. The third-order valence-corrected chi connectivity index (χ3v) is 2.94. The van der Waals surface area contributed by atoms with Crippen LogP contribution < -0.4 is 4.74 Å². The first-order valence-electron chi connectivity index (χ1n) is 6.75. The number of rotatable bonds is 6. The summed E-state index contributed by atoms with van der Waals surface area (Å²) < 4.78 is 5.31.